The quantitative estimate of drug-likeness (QED) is 0.710. The van der Waals surface area contributed by atoms with Crippen LogP contribution in [0.2, 0.25) is 0 Å². The molecule has 1 aromatic carbocycles. The summed E-state index contributed by atoms with van der Waals surface area (Å²) in [5.74, 6) is 0.776. The zero-order chi connectivity index (χ0) is 18.1. The van der Waals surface area contributed by atoms with Gasteiger partial charge in [0.1, 0.15) is 0 Å². The normalized spacial score (nSPS) is 14.6. The summed E-state index contributed by atoms with van der Waals surface area (Å²) in [7, 11) is 0. The smallest absolute Gasteiger partial charge is 0.271 e. The van der Waals surface area contributed by atoms with Crippen LogP contribution in [0, 0.1) is 6.92 Å². The minimum absolute atomic E-state index is 0.119. The fraction of sp³-hybridized carbons (Fsp3) is 0.316. The van der Waals surface area contributed by atoms with E-state index in [9.17, 15) is 4.79 Å². The fourth-order valence-corrected chi connectivity index (χ4v) is 3.77. The third kappa shape index (κ3) is 3.19. The van der Waals surface area contributed by atoms with Crippen molar-refractivity contribution in [1.29, 1.82) is 0 Å². The Kier molecular flexibility index (Phi) is 4.63. The Balaban J connectivity index is 1.69. The van der Waals surface area contributed by atoms with Crippen molar-refractivity contribution in [3.05, 3.63) is 57.0 Å². The highest BCUT2D eigenvalue weighted by Gasteiger charge is 2.16. The number of piperidine rings is 1. The Morgan fingerprint density at radius 3 is 2.65 bits per heavy atom. The van der Waals surface area contributed by atoms with Crippen LogP contribution in [-0.4, -0.2) is 32.8 Å². The van der Waals surface area contributed by atoms with Crippen LogP contribution in [0.5, 0.6) is 0 Å². The van der Waals surface area contributed by atoms with Crippen LogP contribution in [-0.2, 0) is 0 Å². The van der Waals surface area contributed by atoms with Gasteiger partial charge in [-0.2, -0.15) is 0 Å². The van der Waals surface area contributed by atoms with Gasteiger partial charge in [-0.3, -0.25) is 9.89 Å². The summed E-state index contributed by atoms with van der Waals surface area (Å²) in [6.07, 6.45) is 5.46. The lowest BCUT2D eigenvalue weighted by molar-refractivity contribution is 0.568. The van der Waals surface area contributed by atoms with Crippen molar-refractivity contribution in [1.82, 2.24) is 19.7 Å². The number of rotatable bonds is 3. The van der Waals surface area contributed by atoms with Crippen LogP contribution in [0.15, 0.2) is 45.8 Å². The summed E-state index contributed by atoms with van der Waals surface area (Å²) in [6, 6.07) is 9.19. The first kappa shape index (κ1) is 17.0. The largest absolute Gasteiger partial charge is 0.341 e. The Bertz CT molecular complexity index is 988. The van der Waals surface area contributed by atoms with Crippen molar-refractivity contribution in [3.63, 3.8) is 0 Å². The molecule has 0 bridgehead atoms. The van der Waals surface area contributed by atoms with E-state index in [0.29, 0.717) is 5.69 Å². The van der Waals surface area contributed by atoms with Gasteiger partial charge in [0.05, 0.1) is 17.1 Å². The number of nitrogens with one attached hydrogen (secondary N) is 1. The standard InChI is InChI=1S/C19H20BrN5O/c1-13-14(12-21-19(22-13)24-9-5-2-6-10-24)16-11-18(26)25(23-16)17-8-4-3-7-15(17)20/h3-4,7-8,11-12,23H,2,5-6,9-10H2,1H3. The van der Waals surface area contributed by atoms with E-state index >= 15 is 0 Å². The van der Waals surface area contributed by atoms with E-state index in [-0.39, 0.29) is 5.56 Å². The number of nitrogens with zero attached hydrogens (tertiary/aromatic N) is 4. The van der Waals surface area contributed by atoms with Crippen LogP contribution < -0.4 is 10.5 Å². The molecule has 1 aliphatic rings. The number of aromatic amines is 1. The molecule has 4 rings (SSSR count). The van der Waals surface area contributed by atoms with E-state index in [0.717, 1.165) is 40.5 Å². The molecule has 0 amide bonds. The van der Waals surface area contributed by atoms with E-state index < -0.39 is 0 Å². The van der Waals surface area contributed by atoms with E-state index in [1.165, 1.54) is 23.9 Å². The number of anilines is 1. The number of hydrogen-bond acceptors (Lipinski definition) is 4. The van der Waals surface area contributed by atoms with Gasteiger partial charge in [-0.15, -0.1) is 0 Å². The van der Waals surface area contributed by atoms with Crippen molar-refractivity contribution in [2.24, 2.45) is 0 Å². The number of aromatic nitrogens is 4. The van der Waals surface area contributed by atoms with Crippen LogP contribution in [0.1, 0.15) is 25.0 Å². The molecule has 1 aliphatic heterocycles. The summed E-state index contributed by atoms with van der Waals surface area (Å²) >= 11 is 3.49. The van der Waals surface area contributed by atoms with Gasteiger partial charge in [0.15, 0.2) is 0 Å². The van der Waals surface area contributed by atoms with Crippen molar-refractivity contribution in [2.45, 2.75) is 26.2 Å². The van der Waals surface area contributed by atoms with Crippen molar-refractivity contribution < 1.29 is 0 Å². The molecular weight excluding hydrogens is 394 g/mol. The average molecular weight is 414 g/mol. The first-order valence-electron chi connectivity index (χ1n) is 8.79. The zero-order valence-electron chi connectivity index (χ0n) is 14.6. The number of para-hydroxylation sites is 1. The number of H-pyrrole nitrogens is 1. The van der Waals surface area contributed by atoms with Gasteiger partial charge in [-0.25, -0.2) is 14.6 Å². The lowest BCUT2D eigenvalue weighted by Gasteiger charge is -2.26. The molecule has 0 aliphatic carbocycles. The molecule has 1 saturated heterocycles. The molecule has 7 heteroatoms. The van der Waals surface area contributed by atoms with Gasteiger partial charge in [0.2, 0.25) is 5.95 Å². The predicted octanol–water partition coefficient (Wildman–Crippen LogP) is 3.68. The molecule has 0 radical (unpaired) electrons. The van der Waals surface area contributed by atoms with Gasteiger partial charge in [0, 0.05) is 35.4 Å². The third-order valence-electron chi connectivity index (χ3n) is 4.71. The molecule has 26 heavy (non-hydrogen) atoms. The van der Waals surface area contributed by atoms with Crippen LogP contribution >= 0.6 is 15.9 Å². The molecular formula is C19H20BrN5O. The monoisotopic (exact) mass is 413 g/mol. The van der Waals surface area contributed by atoms with Gasteiger partial charge >= 0.3 is 0 Å². The zero-order valence-corrected chi connectivity index (χ0v) is 16.2. The van der Waals surface area contributed by atoms with E-state index in [4.69, 9.17) is 0 Å². The maximum absolute atomic E-state index is 12.5. The van der Waals surface area contributed by atoms with Crippen molar-refractivity contribution >= 4 is 21.9 Å². The maximum Gasteiger partial charge on any atom is 0.271 e. The predicted molar refractivity (Wildman–Crippen MR) is 106 cm³/mol. The van der Waals surface area contributed by atoms with Crippen molar-refractivity contribution in [2.75, 3.05) is 18.0 Å². The molecule has 0 unspecified atom stereocenters. The maximum atomic E-state index is 12.5. The molecule has 6 nitrogen and oxygen atoms in total. The fourth-order valence-electron chi connectivity index (χ4n) is 3.31. The Morgan fingerprint density at radius 1 is 1.15 bits per heavy atom. The molecule has 0 atom stereocenters. The van der Waals surface area contributed by atoms with Crippen molar-refractivity contribution in [3.8, 4) is 16.9 Å². The lowest BCUT2D eigenvalue weighted by Crippen LogP contribution is -2.31. The van der Waals surface area contributed by atoms with Gasteiger partial charge in [0.25, 0.3) is 5.56 Å². The SMILES string of the molecule is Cc1nc(N2CCCCC2)ncc1-c1cc(=O)n(-c2ccccc2Br)[nH]1. The molecule has 1 N–H and O–H groups in total. The van der Waals surface area contributed by atoms with Crippen LogP contribution in [0.3, 0.4) is 0 Å². The molecule has 0 spiro atoms. The Hall–Kier alpha value is -2.41. The lowest BCUT2D eigenvalue weighted by atomic mass is 10.1. The topological polar surface area (TPSA) is 66.8 Å². The number of hydrogen-bond donors (Lipinski definition) is 1. The summed E-state index contributed by atoms with van der Waals surface area (Å²) in [4.78, 5) is 23.9. The number of aryl methyl sites for hydroxylation is 1. The first-order chi connectivity index (χ1) is 12.6. The van der Waals surface area contributed by atoms with Gasteiger partial charge in [-0.05, 0) is 54.2 Å². The highest BCUT2D eigenvalue weighted by molar-refractivity contribution is 9.10. The second-order valence-electron chi connectivity index (χ2n) is 6.51. The Labute approximate surface area is 160 Å². The molecule has 3 aromatic rings. The summed E-state index contributed by atoms with van der Waals surface area (Å²) in [6.45, 7) is 3.97. The molecule has 0 saturated carbocycles. The van der Waals surface area contributed by atoms with Gasteiger partial charge in [-0.1, -0.05) is 12.1 Å². The Morgan fingerprint density at radius 2 is 1.92 bits per heavy atom. The minimum Gasteiger partial charge on any atom is -0.341 e. The molecule has 3 heterocycles. The number of benzene rings is 1. The highest BCUT2D eigenvalue weighted by Crippen LogP contribution is 2.24. The first-order valence-corrected chi connectivity index (χ1v) is 9.59. The molecule has 1 fully saturated rings. The van der Waals surface area contributed by atoms with E-state index in [1.807, 2.05) is 37.4 Å². The summed E-state index contributed by atoms with van der Waals surface area (Å²) in [5.41, 5.74) is 3.07. The summed E-state index contributed by atoms with van der Waals surface area (Å²) in [5, 5.41) is 3.18. The van der Waals surface area contributed by atoms with Crippen LogP contribution in [0.25, 0.3) is 16.9 Å². The third-order valence-corrected chi connectivity index (χ3v) is 5.38. The number of halogens is 1. The second kappa shape index (κ2) is 7.07. The molecule has 2 aromatic heterocycles. The van der Waals surface area contributed by atoms with Gasteiger partial charge < -0.3 is 4.90 Å². The van der Waals surface area contributed by atoms with Crippen LogP contribution in [0.4, 0.5) is 5.95 Å². The van der Waals surface area contributed by atoms with E-state index in [1.54, 1.807) is 6.07 Å². The average Bonchev–Trinajstić information content (AvgIpc) is 3.04. The van der Waals surface area contributed by atoms with E-state index in [2.05, 4.69) is 35.9 Å². The summed E-state index contributed by atoms with van der Waals surface area (Å²) < 4.78 is 2.38. The minimum atomic E-state index is -0.119. The molecule has 134 valence electrons. The second-order valence-corrected chi connectivity index (χ2v) is 7.37. The highest BCUT2D eigenvalue weighted by atomic mass is 79.9.